The Labute approximate surface area is 113 Å². The highest BCUT2D eigenvalue weighted by molar-refractivity contribution is 5.87. The van der Waals surface area contributed by atoms with Gasteiger partial charge in [-0.3, -0.25) is 4.79 Å². The molecule has 1 fully saturated rings. The second-order valence-electron chi connectivity index (χ2n) is 5.76. The van der Waals surface area contributed by atoms with Gasteiger partial charge in [-0.1, -0.05) is 26.0 Å². The van der Waals surface area contributed by atoms with Crippen LogP contribution in [0.4, 0.5) is 4.39 Å². The van der Waals surface area contributed by atoms with Crippen molar-refractivity contribution in [2.24, 2.45) is 11.7 Å². The van der Waals surface area contributed by atoms with Crippen LogP contribution in [0.15, 0.2) is 24.3 Å². The van der Waals surface area contributed by atoms with E-state index in [1.54, 1.807) is 12.1 Å². The molecule has 4 heteroatoms. The Morgan fingerprint density at radius 2 is 1.89 bits per heavy atom. The molecule has 3 N–H and O–H groups in total. The first-order chi connectivity index (χ1) is 8.92. The third kappa shape index (κ3) is 2.95. The predicted molar refractivity (Wildman–Crippen MR) is 72.9 cm³/mol. The molecule has 2 rings (SSSR count). The number of hydrogen-bond donors (Lipinski definition) is 2. The van der Waals surface area contributed by atoms with E-state index in [4.69, 9.17) is 5.73 Å². The second-order valence-corrected chi connectivity index (χ2v) is 5.76. The van der Waals surface area contributed by atoms with Crippen LogP contribution in [-0.4, -0.2) is 11.4 Å². The summed E-state index contributed by atoms with van der Waals surface area (Å²) in [6, 6.07) is 6.12. The standard InChI is InChI=1S/C15H21FN2O/c1-10(2)13(11-4-6-12(16)7-5-11)18-14(19)15(17)8-3-9-15/h4-7,10,13H,3,8-9,17H2,1-2H3,(H,18,19). The van der Waals surface area contributed by atoms with E-state index in [0.717, 1.165) is 24.8 Å². The number of amides is 1. The Hall–Kier alpha value is -1.42. The maximum Gasteiger partial charge on any atom is 0.240 e. The van der Waals surface area contributed by atoms with E-state index in [-0.39, 0.29) is 23.7 Å². The number of nitrogens with one attached hydrogen (secondary N) is 1. The summed E-state index contributed by atoms with van der Waals surface area (Å²) in [7, 11) is 0. The number of carbonyl (C=O) groups is 1. The molecule has 0 aliphatic heterocycles. The number of benzene rings is 1. The van der Waals surface area contributed by atoms with Crippen molar-refractivity contribution >= 4 is 5.91 Å². The minimum atomic E-state index is -0.701. The highest BCUT2D eigenvalue weighted by atomic mass is 19.1. The third-order valence-corrected chi connectivity index (χ3v) is 3.88. The summed E-state index contributed by atoms with van der Waals surface area (Å²) >= 11 is 0. The second kappa shape index (κ2) is 5.29. The van der Waals surface area contributed by atoms with Crippen molar-refractivity contribution in [3.8, 4) is 0 Å². The monoisotopic (exact) mass is 264 g/mol. The molecule has 1 aromatic rings. The first-order valence-electron chi connectivity index (χ1n) is 6.78. The topological polar surface area (TPSA) is 55.1 Å². The molecule has 1 saturated carbocycles. The van der Waals surface area contributed by atoms with Crippen LogP contribution in [0.25, 0.3) is 0 Å². The Morgan fingerprint density at radius 3 is 2.32 bits per heavy atom. The van der Waals surface area contributed by atoms with Crippen molar-refractivity contribution in [2.75, 3.05) is 0 Å². The van der Waals surface area contributed by atoms with Gasteiger partial charge in [0.2, 0.25) is 5.91 Å². The van der Waals surface area contributed by atoms with Gasteiger partial charge < -0.3 is 11.1 Å². The van der Waals surface area contributed by atoms with Crippen molar-refractivity contribution in [1.29, 1.82) is 0 Å². The van der Waals surface area contributed by atoms with Gasteiger partial charge in [-0.05, 0) is 42.9 Å². The van der Waals surface area contributed by atoms with Gasteiger partial charge in [-0.25, -0.2) is 4.39 Å². The summed E-state index contributed by atoms with van der Waals surface area (Å²) in [5, 5.41) is 3.01. The zero-order valence-corrected chi connectivity index (χ0v) is 11.4. The van der Waals surface area contributed by atoms with Gasteiger partial charge in [-0.2, -0.15) is 0 Å². The van der Waals surface area contributed by atoms with Crippen molar-refractivity contribution in [2.45, 2.75) is 44.7 Å². The smallest absolute Gasteiger partial charge is 0.240 e. The minimum Gasteiger partial charge on any atom is -0.347 e. The molecule has 1 amide bonds. The molecule has 0 aromatic heterocycles. The molecular formula is C15H21FN2O. The van der Waals surface area contributed by atoms with Gasteiger partial charge in [0, 0.05) is 0 Å². The molecule has 0 spiro atoms. The molecule has 104 valence electrons. The van der Waals surface area contributed by atoms with Crippen molar-refractivity contribution in [3.05, 3.63) is 35.6 Å². The number of halogens is 1. The lowest BCUT2D eigenvalue weighted by Gasteiger charge is -2.38. The van der Waals surface area contributed by atoms with E-state index < -0.39 is 5.54 Å². The SMILES string of the molecule is CC(C)C(NC(=O)C1(N)CCC1)c1ccc(F)cc1. The van der Waals surface area contributed by atoms with E-state index in [1.807, 2.05) is 13.8 Å². The summed E-state index contributed by atoms with van der Waals surface area (Å²) in [6.07, 6.45) is 2.49. The van der Waals surface area contributed by atoms with Gasteiger partial charge >= 0.3 is 0 Å². The maximum absolute atomic E-state index is 13.0. The molecule has 1 aromatic carbocycles. The van der Waals surface area contributed by atoms with Crippen molar-refractivity contribution < 1.29 is 9.18 Å². The van der Waals surface area contributed by atoms with Crippen LogP contribution in [0, 0.1) is 11.7 Å². The van der Waals surface area contributed by atoms with Crippen LogP contribution in [0.1, 0.15) is 44.7 Å². The van der Waals surface area contributed by atoms with E-state index in [2.05, 4.69) is 5.32 Å². The molecule has 0 heterocycles. The van der Waals surface area contributed by atoms with Gasteiger partial charge in [0.25, 0.3) is 0 Å². The average molecular weight is 264 g/mol. The van der Waals surface area contributed by atoms with Gasteiger partial charge in [0.05, 0.1) is 11.6 Å². The van der Waals surface area contributed by atoms with E-state index in [1.165, 1.54) is 12.1 Å². The molecular weight excluding hydrogens is 243 g/mol. The van der Waals surface area contributed by atoms with Gasteiger partial charge in [0.15, 0.2) is 0 Å². The lowest BCUT2D eigenvalue weighted by Crippen LogP contribution is -2.59. The largest absolute Gasteiger partial charge is 0.347 e. The van der Waals surface area contributed by atoms with Crippen molar-refractivity contribution in [3.63, 3.8) is 0 Å². The number of nitrogens with two attached hydrogens (primary N) is 1. The van der Waals surface area contributed by atoms with Crippen LogP contribution in [0.2, 0.25) is 0 Å². The zero-order chi connectivity index (χ0) is 14.0. The summed E-state index contributed by atoms with van der Waals surface area (Å²) in [5.41, 5.74) is 6.23. The fraction of sp³-hybridized carbons (Fsp3) is 0.533. The van der Waals surface area contributed by atoms with Crippen LogP contribution < -0.4 is 11.1 Å². The van der Waals surface area contributed by atoms with Crippen molar-refractivity contribution in [1.82, 2.24) is 5.32 Å². The molecule has 1 atom stereocenters. The molecule has 0 radical (unpaired) electrons. The quantitative estimate of drug-likeness (QED) is 0.878. The molecule has 0 saturated heterocycles. The molecule has 1 unspecified atom stereocenters. The number of carbonyl (C=O) groups excluding carboxylic acids is 1. The lowest BCUT2D eigenvalue weighted by molar-refractivity contribution is -0.130. The average Bonchev–Trinajstić information content (AvgIpc) is 2.33. The molecule has 0 bridgehead atoms. The summed E-state index contributed by atoms with van der Waals surface area (Å²) < 4.78 is 13.0. The Bertz CT molecular complexity index is 452. The van der Waals surface area contributed by atoms with Crippen LogP contribution in [0.5, 0.6) is 0 Å². The number of hydrogen-bond acceptors (Lipinski definition) is 2. The van der Waals surface area contributed by atoms with E-state index in [0.29, 0.717) is 0 Å². The molecule has 1 aliphatic rings. The minimum absolute atomic E-state index is 0.0956. The maximum atomic E-state index is 13.0. The normalized spacial score (nSPS) is 18.8. The first kappa shape index (κ1) is 14.0. The first-order valence-corrected chi connectivity index (χ1v) is 6.78. The van der Waals surface area contributed by atoms with Crippen LogP contribution in [-0.2, 0) is 4.79 Å². The van der Waals surface area contributed by atoms with E-state index in [9.17, 15) is 9.18 Å². The van der Waals surface area contributed by atoms with Gasteiger partial charge in [-0.15, -0.1) is 0 Å². The summed E-state index contributed by atoms with van der Waals surface area (Å²) in [4.78, 5) is 12.2. The zero-order valence-electron chi connectivity index (χ0n) is 11.4. The van der Waals surface area contributed by atoms with Crippen LogP contribution >= 0.6 is 0 Å². The Balaban J connectivity index is 2.12. The fourth-order valence-corrected chi connectivity index (χ4v) is 2.37. The lowest BCUT2D eigenvalue weighted by atomic mass is 9.76. The molecule has 19 heavy (non-hydrogen) atoms. The number of rotatable bonds is 4. The Morgan fingerprint density at radius 1 is 1.32 bits per heavy atom. The third-order valence-electron chi connectivity index (χ3n) is 3.88. The Kier molecular flexibility index (Phi) is 3.90. The predicted octanol–water partition coefficient (Wildman–Crippen LogP) is 2.52. The summed E-state index contributed by atoms with van der Waals surface area (Å²) in [5.74, 6) is -0.147. The summed E-state index contributed by atoms with van der Waals surface area (Å²) in [6.45, 7) is 4.05. The fourth-order valence-electron chi connectivity index (χ4n) is 2.37. The highest BCUT2D eigenvalue weighted by Gasteiger charge is 2.41. The molecule has 3 nitrogen and oxygen atoms in total. The molecule has 1 aliphatic carbocycles. The van der Waals surface area contributed by atoms with Gasteiger partial charge in [0.1, 0.15) is 5.82 Å². The highest BCUT2D eigenvalue weighted by Crippen LogP contribution is 2.31. The van der Waals surface area contributed by atoms with Crippen LogP contribution in [0.3, 0.4) is 0 Å². The van der Waals surface area contributed by atoms with E-state index >= 15 is 0 Å².